The number of aliphatic hydroxyl groups is 1. The lowest BCUT2D eigenvalue weighted by Gasteiger charge is -2.09. The van der Waals surface area contributed by atoms with Gasteiger partial charge in [0.2, 0.25) is 5.43 Å². The molecule has 0 spiro atoms. The van der Waals surface area contributed by atoms with E-state index in [9.17, 15) is 15.0 Å². The van der Waals surface area contributed by atoms with E-state index in [0.29, 0.717) is 16.7 Å². The van der Waals surface area contributed by atoms with Crippen LogP contribution in [0.3, 0.4) is 0 Å². The van der Waals surface area contributed by atoms with Crippen LogP contribution < -0.4 is 5.43 Å². The zero-order valence-electron chi connectivity index (χ0n) is 12.5. The lowest BCUT2D eigenvalue weighted by Crippen LogP contribution is -2.06. The molecule has 0 atom stereocenters. The minimum Gasteiger partial charge on any atom is -0.508 e. The molecule has 3 rings (SSSR count). The molecule has 0 amide bonds. The third-order valence-electron chi connectivity index (χ3n) is 3.83. The Hall–Kier alpha value is -2.79. The van der Waals surface area contributed by atoms with Crippen LogP contribution in [0, 0.1) is 0 Å². The van der Waals surface area contributed by atoms with Gasteiger partial charge in [0.05, 0.1) is 12.0 Å². The Morgan fingerprint density at radius 2 is 1.83 bits per heavy atom. The molecule has 0 fully saturated rings. The fourth-order valence-corrected chi connectivity index (χ4v) is 2.57. The molecule has 0 bridgehead atoms. The molecular formula is C18H16O5. The lowest BCUT2D eigenvalue weighted by atomic mass is 10.0. The zero-order chi connectivity index (χ0) is 16.6. The van der Waals surface area contributed by atoms with Crippen LogP contribution in [0.25, 0.3) is 21.9 Å². The normalized spacial score (nSPS) is 12.2. The third-order valence-corrected chi connectivity index (χ3v) is 3.83. The molecule has 5 nitrogen and oxygen atoms in total. The van der Waals surface area contributed by atoms with Crippen molar-refractivity contribution in [2.45, 2.75) is 13.3 Å². The Balaban J connectivity index is 2.38. The van der Waals surface area contributed by atoms with E-state index in [1.807, 2.05) is 0 Å². The number of phenols is 2. The average molecular weight is 312 g/mol. The smallest absolute Gasteiger partial charge is 0.204 e. The van der Waals surface area contributed by atoms with Crippen LogP contribution in [0.15, 0.2) is 51.2 Å². The fourth-order valence-electron chi connectivity index (χ4n) is 2.57. The lowest BCUT2D eigenvalue weighted by molar-refractivity contribution is 0.331. The topological polar surface area (TPSA) is 90.9 Å². The number of benzene rings is 2. The van der Waals surface area contributed by atoms with Crippen molar-refractivity contribution in [2.75, 3.05) is 6.61 Å². The van der Waals surface area contributed by atoms with Gasteiger partial charge in [-0.2, -0.15) is 0 Å². The van der Waals surface area contributed by atoms with Gasteiger partial charge in [0.15, 0.2) is 0 Å². The molecule has 23 heavy (non-hydrogen) atoms. The molecule has 0 unspecified atom stereocenters. The summed E-state index contributed by atoms with van der Waals surface area (Å²) in [5.74, 6) is -0.184. The summed E-state index contributed by atoms with van der Waals surface area (Å²) in [5, 5.41) is 29.5. The van der Waals surface area contributed by atoms with Gasteiger partial charge in [0.25, 0.3) is 0 Å². The van der Waals surface area contributed by atoms with Gasteiger partial charge in [-0.25, -0.2) is 0 Å². The van der Waals surface area contributed by atoms with Crippen LogP contribution in [0.2, 0.25) is 0 Å². The van der Waals surface area contributed by atoms with Crippen LogP contribution in [0.1, 0.15) is 12.5 Å². The Morgan fingerprint density at radius 1 is 1.09 bits per heavy atom. The zero-order valence-corrected chi connectivity index (χ0v) is 12.5. The van der Waals surface area contributed by atoms with Crippen molar-refractivity contribution in [3.05, 3.63) is 57.8 Å². The molecule has 0 saturated heterocycles. The Morgan fingerprint density at radius 3 is 2.57 bits per heavy atom. The number of allylic oxidation sites excluding steroid dienone is 1. The van der Waals surface area contributed by atoms with Crippen LogP contribution in [0.5, 0.6) is 11.5 Å². The number of fused-ring (bicyclic) bond motifs is 2. The van der Waals surface area contributed by atoms with Gasteiger partial charge in [-0.3, -0.25) is 4.79 Å². The summed E-state index contributed by atoms with van der Waals surface area (Å²) in [4.78, 5) is 12.8. The predicted molar refractivity (Wildman–Crippen MR) is 87.9 cm³/mol. The van der Waals surface area contributed by atoms with Gasteiger partial charge in [0.1, 0.15) is 28.1 Å². The first kappa shape index (κ1) is 15.1. The van der Waals surface area contributed by atoms with Crippen molar-refractivity contribution < 1.29 is 19.7 Å². The second-order valence-electron chi connectivity index (χ2n) is 5.43. The van der Waals surface area contributed by atoms with E-state index in [4.69, 9.17) is 9.52 Å². The van der Waals surface area contributed by atoms with Crippen LogP contribution in [-0.2, 0) is 6.42 Å². The molecule has 2 aromatic carbocycles. The van der Waals surface area contributed by atoms with Gasteiger partial charge in [0, 0.05) is 5.56 Å². The Labute approximate surface area is 131 Å². The van der Waals surface area contributed by atoms with E-state index in [0.717, 1.165) is 5.57 Å². The number of aromatic hydroxyl groups is 2. The van der Waals surface area contributed by atoms with Crippen LogP contribution in [-0.4, -0.2) is 21.9 Å². The van der Waals surface area contributed by atoms with Gasteiger partial charge in [-0.05, 0) is 37.6 Å². The molecule has 3 aromatic rings. The van der Waals surface area contributed by atoms with Gasteiger partial charge >= 0.3 is 0 Å². The number of aliphatic hydroxyl groups excluding tert-OH is 1. The van der Waals surface area contributed by atoms with Crippen LogP contribution in [0.4, 0.5) is 0 Å². The average Bonchev–Trinajstić information content (AvgIpc) is 2.54. The van der Waals surface area contributed by atoms with Crippen molar-refractivity contribution in [3.8, 4) is 11.5 Å². The first-order chi connectivity index (χ1) is 11.0. The third kappa shape index (κ3) is 2.55. The summed E-state index contributed by atoms with van der Waals surface area (Å²) in [5.41, 5.74) is 1.39. The minimum atomic E-state index is -0.389. The minimum absolute atomic E-state index is 0.0263. The second kappa shape index (κ2) is 5.78. The largest absolute Gasteiger partial charge is 0.508 e. The maximum absolute atomic E-state index is 12.8. The molecule has 0 radical (unpaired) electrons. The van der Waals surface area contributed by atoms with E-state index < -0.39 is 0 Å². The standard InChI is InChI=1S/C18H16O5/c1-10(9-19)5-6-11-12(20)7-8-15-16(11)18(22)17-13(21)3-2-4-14(17)23-15/h2-5,7-8,19-21H,6,9H2,1H3/b10-5-. The van der Waals surface area contributed by atoms with Gasteiger partial charge < -0.3 is 19.7 Å². The highest BCUT2D eigenvalue weighted by atomic mass is 16.3. The first-order valence-corrected chi connectivity index (χ1v) is 7.18. The summed E-state index contributed by atoms with van der Waals surface area (Å²) in [6.07, 6.45) is 2.02. The van der Waals surface area contributed by atoms with E-state index >= 15 is 0 Å². The summed E-state index contributed by atoms with van der Waals surface area (Å²) in [6.45, 7) is 1.66. The van der Waals surface area contributed by atoms with Gasteiger partial charge in [-0.1, -0.05) is 17.7 Å². The molecule has 1 heterocycles. The maximum atomic E-state index is 12.8. The fraction of sp³-hybridized carbons (Fsp3) is 0.167. The summed E-state index contributed by atoms with van der Waals surface area (Å²) < 4.78 is 5.70. The van der Waals surface area contributed by atoms with E-state index in [2.05, 4.69) is 0 Å². The maximum Gasteiger partial charge on any atom is 0.204 e. The molecule has 0 aliphatic carbocycles. The highest BCUT2D eigenvalue weighted by Crippen LogP contribution is 2.30. The highest BCUT2D eigenvalue weighted by molar-refractivity contribution is 5.95. The second-order valence-corrected chi connectivity index (χ2v) is 5.43. The molecule has 0 saturated carbocycles. The summed E-state index contributed by atoms with van der Waals surface area (Å²) in [7, 11) is 0. The highest BCUT2D eigenvalue weighted by Gasteiger charge is 2.16. The quantitative estimate of drug-likeness (QED) is 0.511. The number of rotatable bonds is 3. The number of hydrogen-bond donors (Lipinski definition) is 3. The Kier molecular flexibility index (Phi) is 3.80. The van der Waals surface area contributed by atoms with Crippen molar-refractivity contribution >= 4 is 21.9 Å². The molecule has 118 valence electrons. The van der Waals surface area contributed by atoms with Crippen molar-refractivity contribution in [1.29, 1.82) is 0 Å². The number of phenolic OH excluding ortho intramolecular Hbond substituents is 2. The van der Waals surface area contributed by atoms with Crippen LogP contribution >= 0.6 is 0 Å². The first-order valence-electron chi connectivity index (χ1n) is 7.18. The van der Waals surface area contributed by atoms with E-state index in [1.54, 1.807) is 25.1 Å². The molecule has 5 heteroatoms. The summed E-state index contributed by atoms with van der Waals surface area (Å²) >= 11 is 0. The monoisotopic (exact) mass is 312 g/mol. The number of hydrogen-bond acceptors (Lipinski definition) is 5. The van der Waals surface area contributed by atoms with E-state index in [1.165, 1.54) is 18.2 Å². The summed E-state index contributed by atoms with van der Waals surface area (Å²) in [6, 6.07) is 7.63. The van der Waals surface area contributed by atoms with Crippen molar-refractivity contribution in [3.63, 3.8) is 0 Å². The van der Waals surface area contributed by atoms with Crippen molar-refractivity contribution in [1.82, 2.24) is 0 Å². The molecule has 1 aromatic heterocycles. The predicted octanol–water partition coefficient (Wildman–Crippen LogP) is 2.84. The Bertz CT molecular complexity index is 982. The molecule has 0 aliphatic heterocycles. The molecule has 3 N–H and O–H groups in total. The molecular weight excluding hydrogens is 296 g/mol. The van der Waals surface area contributed by atoms with Crippen molar-refractivity contribution in [2.24, 2.45) is 0 Å². The van der Waals surface area contributed by atoms with Gasteiger partial charge in [-0.15, -0.1) is 0 Å². The molecule has 0 aliphatic rings. The SMILES string of the molecule is C/C(=C/Cc1c(O)ccc2oc3cccc(O)c3c(=O)c12)CO. The van der Waals surface area contributed by atoms with E-state index in [-0.39, 0.29) is 40.7 Å².